The molecular formula is C14H19N3O3. The second kappa shape index (κ2) is 6.38. The Labute approximate surface area is 117 Å². The summed E-state index contributed by atoms with van der Waals surface area (Å²) in [5.74, 6) is 0.0337. The van der Waals surface area contributed by atoms with Gasteiger partial charge in [0.05, 0.1) is 0 Å². The van der Waals surface area contributed by atoms with Gasteiger partial charge in [0, 0.05) is 31.2 Å². The van der Waals surface area contributed by atoms with E-state index in [2.05, 4.69) is 5.32 Å². The third kappa shape index (κ3) is 3.48. The van der Waals surface area contributed by atoms with Crippen LogP contribution in [0.2, 0.25) is 0 Å². The highest BCUT2D eigenvalue weighted by atomic mass is 16.5. The predicted octanol–water partition coefficient (Wildman–Crippen LogP) is -0.0154. The number of nitrogens with zero attached hydrogens (tertiary/aromatic N) is 1. The van der Waals surface area contributed by atoms with Gasteiger partial charge in [0.2, 0.25) is 5.91 Å². The summed E-state index contributed by atoms with van der Waals surface area (Å²) in [6.07, 6.45) is 0. The predicted molar refractivity (Wildman–Crippen MR) is 74.5 cm³/mol. The molecule has 20 heavy (non-hydrogen) atoms. The standard InChI is InChI=1S/C14H19N3O3/c1-10-8-16-6-7-17(10)13(18)9-20-12-4-2-11(3-5-12)14(15)19/h2-5,10,16H,6-9H2,1H3,(H2,15,19)/t10-/m0/s1. The Hall–Kier alpha value is -2.08. The maximum absolute atomic E-state index is 12.1. The minimum atomic E-state index is -0.484. The Morgan fingerprint density at radius 3 is 2.70 bits per heavy atom. The molecule has 1 aliphatic heterocycles. The SMILES string of the molecule is C[C@H]1CNCCN1C(=O)COc1ccc(C(N)=O)cc1. The molecular weight excluding hydrogens is 258 g/mol. The van der Waals surface area contributed by atoms with Crippen LogP contribution in [0.5, 0.6) is 5.75 Å². The van der Waals surface area contributed by atoms with Crippen molar-refractivity contribution in [3.8, 4) is 5.75 Å². The van der Waals surface area contributed by atoms with Crippen molar-refractivity contribution >= 4 is 11.8 Å². The monoisotopic (exact) mass is 277 g/mol. The van der Waals surface area contributed by atoms with E-state index in [9.17, 15) is 9.59 Å². The number of carbonyl (C=O) groups is 2. The van der Waals surface area contributed by atoms with E-state index in [1.807, 2.05) is 11.8 Å². The molecule has 3 N–H and O–H groups in total. The lowest BCUT2D eigenvalue weighted by molar-refractivity contribution is -0.136. The van der Waals surface area contributed by atoms with Gasteiger partial charge >= 0.3 is 0 Å². The Balaban J connectivity index is 1.88. The number of benzene rings is 1. The highest BCUT2D eigenvalue weighted by molar-refractivity contribution is 5.92. The zero-order chi connectivity index (χ0) is 14.5. The lowest BCUT2D eigenvalue weighted by atomic mass is 10.2. The Morgan fingerprint density at radius 1 is 1.40 bits per heavy atom. The van der Waals surface area contributed by atoms with Gasteiger partial charge < -0.3 is 20.7 Å². The molecule has 0 saturated carbocycles. The normalized spacial score (nSPS) is 18.6. The molecule has 1 aromatic carbocycles. The first kappa shape index (κ1) is 14.3. The second-order valence-corrected chi connectivity index (χ2v) is 4.82. The van der Waals surface area contributed by atoms with Crippen LogP contribution in [0.3, 0.4) is 0 Å². The van der Waals surface area contributed by atoms with Crippen LogP contribution in [0.4, 0.5) is 0 Å². The molecule has 2 rings (SSSR count). The molecule has 0 aliphatic carbocycles. The molecule has 0 spiro atoms. The summed E-state index contributed by atoms with van der Waals surface area (Å²) in [7, 11) is 0. The van der Waals surface area contributed by atoms with E-state index in [0.29, 0.717) is 17.9 Å². The Kier molecular flexibility index (Phi) is 4.57. The Bertz CT molecular complexity index is 487. The third-order valence-corrected chi connectivity index (χ3v) is 3.32. The summed E-state index contributed by atoms with van der Waals surface area (Å²) in [5.41, 5.74) is 5.57. The van der Waals surface area contributed by atoms with Crippen molar-refractivity contribution in [1.82, 2.24) is 10.2 Å². The average molecular weight is 277 g/mol. The number of rotatable bonds is 4. The number of hydrogen-bond acceptors (Lipinski definition) is 4. The minimum Gasteiger partial charge on any atom is -0.484 e. The summed E-state index contributed by atoms with van der Waals surface area (Å²) >= 11 is 0. The number of primary amides is 1. The molecule has 6 nitrogen and oxygen atoms in total. The van der Waals surface area contributed by atoms with Crippen molar-refractivity contribution in [1.29, 1.82) is 0 Å². The molecule has 1 aromatic rings. The van der Waals surface area contributed by atoms with E-state index in [-0.39, 0.29) is 18.6 Å². The van der Waals surface area contributed by atoms with Crippen LogP contribution in [0.15, 0.2) is 24.3 Å². The smallest absolute Gasteiger partial charge is 0.260 e. The molecule has 6 heteroatoms. The molecule has 1 atom stereocenters. The fourth-order valence-corrected chi connectivity index (χ4v) is 2.15. The molecule has 0 aromatic heterocycles. The zero-order valence-electron chi connectivity index (χ0n) is 11.5. The highest BCUT2D eigenvalue weighted by Crippen LogP contribution is 2.12. The highest BCUT2D eigenvalue weighted by Gasteiger charge is 2.22. The topological polar surface area (TPSA) is 84.7 Å². The van der Waals surface area contributed by atoms with Crippen molar-refractivity contribution in [2.45, 2.75) is 13.0 Å². The molecule has 0 bridgehead atoms. The van der Waals surface area contributed by atoms with Gasteiger partial charge in [-0.1, -0.05) is 0 Å². The van der Waals surface area contributed by atoms with Crippen molar-refractivity contribution in [3.63, 3.8) is 0 Å². The second-order valence-electron chi connectivity index (χ2n) is 4.82. The first-order chi connectivity index (χ1) is 9.58. The van der Waals surface area contributed by atoms with E-state index in [4.69, 9.17) is 10.5 Å². The third-order valence-electron chi connectivity index (χ3n) is 3.32. The van der Waals surface area contributed by atoms with Crippen molar-refractivity contribution in [2.24, 2.45) is 5.73 Å². The maximum atomic E-state index is 12.1. The van der Waals surface area contributed by atoms with Gasteiger partial charge in [-0.2, -0.15) is 0 Å². The molecule has 1 aliphatic rings. The summed E-state index contributed by atoms with van der Waals surface area (Å²) < 4.78 is 5.44. The van der Waals surface area contributed by atoms with Crippen LogP contribution in [-0.4, -0.2) is 49.0 Å². The van der Waals surface area contributed by atoms with Crippen molar-refractivity contribution in [2.75, 3.05) is 26.2 Å². The molecule has 1 saturated heterocycles. The first-order valence-electron chi connectivity index (χ1n) is 6.61. The number of nitrogens with one attached hydrogen (secondary N) is 1. The summed E-state index contributed by atoms with van der Waals surface area (Å²) in [6, 6.07) is 6.60. The van der Waals surface area contributed by atoms with Gasteiger partial charge in [-0.15, -0.1) is 0 Å². The first-order valence-corrected chi connectivity index (χ1v) is 6.61. The maximum Gasteiger partial charge on any atom is 0.260 e. The number of piperazine rings is 1. The fraction of sp³-hybridized carbons (Fsp3) is 0.429. The van der Waals surface area contributed by atoms with Gasteiger partial charge in [-0.3, -0.25) is 9.59 Å². The van der Waals surface area contributed by atoms with Crippen molar-refractivity contribution < 1.29 is 14.3 Å². The van der Waals surface area contributed by atoms with Gasteiger partial charge in [0.1, 0.15) is 5.75 Å². The van der Waals surface area contributed by atoms with E-state index in [1.165, 1.54) is 0 Å². The van der Waals surface area contributed by atoms with Gasteiger partial charge in [-0.25, -0.2) is 0 Å². The lowest BCUT2D eigenvalue weighted by Gasteiger charge is -2.33. The van der Waals surface area contributed by atoms with E-state index < -0.39 is 5.91 Å². The molecule has 108 valence electrons. The lowest BCUT2D eigenvalue weighted by Crippen LogP contribution is -2.53. The van der Waals surface area contributed by atoms with Crippen molar-refractivity contribution in [3.05, 3.63) is 29.8 Å². The van der Waals surface area contributed by atoms with Gasteiger partial charge in [-0.05, 0) is 31.2 Å². The molecule has 1 heterocycles. The van der Waals surface area contributed by atoms with E-state index in [0.717, 1.165) is 13.1 Å². The largest absolute Gasteiger partial charge is 0.484 e. The van der Waals surface area contributed by atoms with Gasteiger partial charge in [0.15, 0.2) is 6.61 Å². The number of hydrogen-bond donors (Lipinski definition) is 2. The van der Waals surface area contributed by atoms with E-state index in [1.54, 1.807) is 24.3 Å². The molecule has 0 radical (unpaired) electrons. The quantitative estimate of drug-likeness (QED) is 0.810. The summed E-state index contributed by atoms with van der Waals surface area (Å²) in [4.78, 5) is 24.8. The number of carbonyl (C=O) groups excluding carboxylic acids is 2. The molecule has 2 amide bonds. The number of nitrogens with two attached hydrogens (primary N) is 1. The minimum absolute atomic E-state index is 0.000256. The Morgan fingerprint density at radius 2 is 2.10 bits per heavy atom. The summed E-state index contributed by atoms with van der Waals surface area (Å²) in [5, 5.41) is 3.23. The van der Waals surface area contributed by atoms with Crippen LogP contribution < -0.4 is 15.8 Å². The van der Waals surface area contributed by atoms with Crippen LogP contribution in [-0.2, 0) is 4.79 Å². The zero-order valence-corrected chi connectivity index (χ0v) is 11.5. The number of ether oxygens (including phenoxy) is 1. The molecule has 0 unspecified atom stereocenters. The van der Waals surface area contributed by atoms with Crippen LogP contribution in [0.25, 0.3) is 0 Å². The van der Waals surface area contributed by atoms with E-state index >= 15 is 0 Å². The average Bonchev–Trinajstić information content (AvgIpc) is 2.45. The number of amides is 2. The van der Waals surface area contributed by atoms with Gasteiger partial charge in [0.25, 0.3) is 5.91 Å². The van der Waals surface area contributed by atoms with Crippen LogP contribution in [0.1, 0.15) is 17.3 Å². The summed E-state index contributed by atoms with van der Waals surface area (Å²) in [6.45, 7) is 4.32. The van der Waals surface area contributed by atoms with Crippen LogP contribution >= 0.6 is 0 Å². The molecule has 1 fully saturated rings. The van der Waals surface area contributed by atoms with Crippen LogP contribution in [0, 0.1) is 0 Å². The fourth-order valence-electron chi connectivity index (χ4n) is 2.15.